The molecule has 0 saturated heterocycles. The second kappa shape index (κ2) is 2.67. The van der Waals surface area contributed by atoms with Crippen LogP contribution in [0.25, 0.3) is 0 Å². The molecule has 0 aliphatic carbocycles. The highest BCUT2D eigenvalue weighted by atomic mass is 15.1. The van der Waals surface area contributed by atoms with Crippen LogP contribution in [0, 0.1) is 6.92 Å². The average molecular weight is 123 g/mol. The Morgan fingerprint density at radius 2 is 2.56 bits per heavy atom. The third-order valence-corrected chi connectivity index (χ3v) is 1.32. The quantitative estimate of drug-likeness (QED) is 0.631. The minimum Gasteiger partial charge on any atom is -0.282 e. The summed E-state index contributed by atoms with van der Waals surface area (Å²) in [6, 6.07) is 2.05. The molecule has 1 radical (unpaired) electrons. The molecule has 0 spiro atoms. The standard InChI is InChI=1S/C7H11N2/c1-3-6-5-7(4-2)9-8-6/h5H,1,3-4H2,2H3,(H,8,9). The van der Waals surface area contributed by atoms with E-state index in [4.69, 9.17) is 0 Å². The number of aromatic amines is 1. The highest BCUT2D eigenvalue weighted by molar-refractivity contribution is 5.08. The molecule has 0 atom stereocenters. The van der Waals surface area contributed by atoms with Gasteiger partial charge in [0.15, 0.2) is 0 Å². The van der Waals surface area contributed by atoms with Gasteiger partial charge in [-0.3, -0.25) is 5.10 Å². The summed E-state index contributed by atoms with van der Waals surface area (Å²) in [5.41, 5.74) is 2.24. The maximum Gasteiger partial charge on any atom is 0.0622 e. The van der Waals surface area contributed by atoms with Crippen molar-refractivity contribution in [3.05, 3.63) is 24.4 Å². The molecule has 0 aliphatic heterocycles. The van der Waals surface area contributed by atoms with Gasteiger partial charge in [-0.25, -0.2) is 0 Å². The Labute approximate surface area is 55.3 Å². The van der Waals surface area contributed by atoms with E-state index in [-0.39, 0.29) is 0 Å². The van der Waals surface area contributed by atoms with Crippen molar-refractivity contribution < 1.29 is 0 Å². The van der Waals surface area contributed by atoms with Gasteiger partial charge < -0.3 is 0 Å². The lowest BCUT2D eigenvalue weighted by Crippen LogP contribution is -1.77. The summed E-state index contributed by atoms with van der Waals surface area (Å²) in [5.74, 6) is 0. The van der Waals surface area contributed by atoms with Gasteiger partial charge in [0.2, 0.25) is 0 Å². The van der Waals surface area contributed by atoms with E-state index in [0.717, 1.165) is 24.2 Å². The lowest BCUT2D eigenvalue weighted by molar-refractivity contribution is 0.951. The average Bonchev–Trinajstić information content (AvgIpc) is 2.34. The Morgan fingerprint density at radius 3 is 2.89 bits per heavy atom. The number of hydrogen-bond acceptors (Lipinski definition) is 1. The Kier molecular flexibility index (Phi) is 1.88. The van der Waals surface area contributed by atoms with Crippen LogP contribution in [0.15, 0.2) is 6.07 Å². The fraction of sp³-hybridized carbons (Fsp3) is 0.429. The molecule has 1 heterocycles. The second-order valence-electron chi connectivity index (χ2n) is 1.99. The summed E-state index contributed by atoms with van der Waals surface area (Å²) in [4.78, 5) is 0. The largest absolute Gasteiger partial charge is 0.282 e. The smallest absolute Gasteiger partial charge is 0.0622 e. The normalized spacial score (nSPS) is 10.0. The van der Waals surface area contributed by atoms with Crippen molar-refractivity contribution in [3.63, 3.8) is 0 Å². The van der Waals surface area contributed by atoms with Gasteiger partial charge in [-0.05, 0) is 25.8 Å². The molecule has 0 aromatic carbocycles. The summed E-state index contributed by atoms with van der Waals surface area (Å²) in [6.45, 7) is 5.82. The zero-order chi connectivity index (χ0) is 6.69. The molecule has 49 valence electrons. The van der Waals surface area contributed by atoms with Crippen LogP contribution in [-0.2, 0) is 12.8 Å². The summed E-state index contributed by atoms with van der Waals surface area (Å²) in [7, 11) is 0. The zero-order valence-corrected chi connectivity index (χ0v) is 5.65. The first kappa shape index (κ1) is 6.33. The zero-order valence-electron chi connectivity index (χ0n) is 5.65. The summed E-state index contributed by atoms with van der Waals surface area (Å²) in [6.07, 6.45) is 1.80. The van der Waals surface area contributed by atoms with E-state index in [1.165, 1.54) is 0 Å². The van der Waals surface area contributed by atoms with Crippen molar-refractivity contribution in [2.24, 2.45) is 0 Å². The van der Waals surface area contributed by atoms with Crippen LogP contribution in [0.5, 0.6) is 0 Å². The predicted molar refractivity (Wildman–Crippen MR) is 37.0 cm³/mol. The van der Waals surface area contributed by atoms with Crippen molar-refractivity contribution in [1.82, 2.24) is 10.2 Å². The maximum atomic E-state index is 4.04. The highest BCUT2D eigenvalue weighted by Gasteiger charge is 1.93. The molecule has 0 fully saturated rings. The first-order chi connectivity index (χ1) is 4.36. The van der Waals surface area contributed by atoms with Crippen molar-refractivity contribution in [2.45, 2.75) is 19.8 Å². The molecule has 2 heteroatoms. The number of H-pyrrole nitrogens is 1. The van der Waals surface area contributed by atoms with E-state index >= 15 is 0 Å². The van der Waals surface area contributed by atoms with Crippen LogP contribution >= 0.6 is 0 Å². The van der Waals surface area contributed by atoms with Gasteiger partial charge in [0.05, 0.1) is 5.69 Å². The molecular formula is C7H11N2. The highest BCUT2D eigenvalue weighted by Crippen LogP contribution is 1.99. The molecule has 0 aliphatic rings. The molecule has 9 heavy (non-hydrogen) atoms. The van der Waals surface area contributed by atoms with E-state index in [1.54, 1.807) is 0 Å². The molecule has 1 aromatic heterocycles. The van der Waals surface area contributed by atoms with E-state index in [9.17, 15) is 0 Å². The predicted octanol–water partition coefficient (Wildman–Crippen LogP) is 1.35. The van der Waals surface area contributed by atoms with E-state index in [0.29, 0.717) is 0 Å². The molecule has 1 N–H and O–H groups in total. The Bertz CT molecular complexity index is 160. The van der Waals surface area contributed by atoms with Crippen LogP contribution in [-0.4, -0.2) is 10.2 Å². The number of rotatable bonds is 2. The second-order valence-corrected chi connectivity index (χ2v) is 1.99. The van der Waals surface area contributed by atoms with Crippen molar-refractivity contribution in [3.8, 4) is 0 Å². The fourth-order valence-electron chi connectivity index (χ4n) is 0.718. The van der Waals surface area contributed by atoms with Crippen LogP contribution < -0.4 is 0 Å². The molecule has 1 aromatic rings. The number of aromatic nitrogens is 2. The molecular weight excluding hydrogens is 112 g/mol. The topological polar surface area (TPSA) is 28.7 Å². The Morgan fingerprint density at radius 1 is 1.78 bits per heavy atom. The molecule has 2 nitrogen and oxygen atoms in total. The van der Waals surface area contributed by atoms with Gasteiger partial charge in [0.1, 0.15) is 0 Å². The lowest BCUT2D eigenvalue weighted by atomic mass is 10.3. The monoisotopic (exact) mass is 123 g/mol. The Balaban J connectivity index is 2.74. The third kappa shape index (κ3) is 1.31. The Hall–Kier alpha value is -0.790. The maximum absolute atomic E-state index is 4.04. The first-order valence-electron chi connectivity index (χ1n) is 3.19. The van der Waals surface area contributed by atoms with Crippen LogP contribution in [0.4, 0.5) is 0 Å². The molecule has 0 bridgehead atoms. The van der Waals surface area contributed by atoms with Gasteiger partial charge in [0, 0.05) is 5.69 Å². The minimum atomic E-state index is 0.799. The number of hydrogen-bond donors (Lipinski definition) is 1. The molecule has 0 unspecified atom stereocenters. The van der Waals surface area contributed by atoms with Crippen LogP contribution in [0.3, 0.4) is 0 Å². The minimum absolute atomic E-state index is 0.799. The van der Waals surface area contributed by atoms with Gasteiger partial charge in [-0.2, -0.15) is 5.10 Å². The third-order valence-electron chi connectivity index (χ3n) is 1.32. The number of nitrogens with zero attached hydrogens (tertiary/aromatic N) is 1. The first-order valence-corrected chi connectivity index (χ1v) is 3.19. The van der Waals surface area contributed by atoms with Crippen LogP contribution in [0.2, 0.25) is 0 Å². The van der Waals surface area contributed by atoms with Crippen molar-refractivity contribution in [1.29, 1.82) is 0 Å². The fourth-order valence-corrected chi connectivity index (χ4v) is 0.718. The SMILES string of the molecule is [CH2]Cc1cc(CC)n[nH]1. The van der Waals surface area contributed by atoms with Gasteiger partial charge in [0.25, 0.3) is 0 Å². The van der Waals surface area contributed by atoms with E-state index in [1.807, 2.05) is 6.07 Å². The van der Waals surface area contributed by atoms with Gasteiger partial charge >= 0.3 is 0 Å². The molecule has 0 amide bonds. The van der Waals surface area contributed by atoms with Crippen molar-refractivity contribution >= 4 is 0 Å². The van der Waals surface area contributed by atoms with Gasteiger partial charge in [-0.15, -0.1) is 0 Å². The van der Waals surface area contributed by atoms with Crippen LogP contribution in [0.1, 0.15) is 18.3 Å². The van der Waals surface area contributed by atoms with E-state index < -0.39 is 0 Å². The van der Waals surface area contributed by atoms with Gasteiger partial charge in [-0.1, -0.05) is 6.92 Å². The summed E-state index contributed by atoms with van der Waals surface area (Å²) in [5, 5.41) is 6.93. The lowest BCUT2D eigenvalue weighted by Gasteiger charge is -1.80. The number of nitrogens with one attached hydrogen (secondary N) is 1. The molecule has 0 saturated carbocycles. The van der Waals surface area contributed by atoms with Crippen molar-refractivity contribution in [2.75, 3.05) is 0 Å². The molecule has 1 rings (SSSR count). The summed E-state index contributed by atoms with van der Waals surface area (Å²) >= 11 is 0. The van der Waals surface area contributed by atoms with E-state index in [2.05, 4.69) is 24.0 Å². The summed E-state index contributed by atoms with van der Waals surface area (Å²) < 4.78 is 0. The number of aryl methyl sites for hydroxylation is 1.